The fraction of sp³-hybridized carbons (Fsp3) is 0.529. The van der Waals surface area contributed by atoms with Gasteiger partial charge in [0.15, 0.2) is 0 Å². The molecule has 0 radical (unpaired) electrons. The smallest absolute Gasteiger partial charge is 0.326 e. The SMILES string of the molecule is CC(C)CC(NC(=O)C(CS)CCc1ccccc1)C(=O)O. The van der Waals surface area contributed by atoms with E-state index >= 15 is 0 Å². The second-order valence-electron chi connectivity index (χ2n) is 5.93. The third-order valence-electron chi connectivity index (χ3n) is 3.54. The minimum Gasteiger partial charge on any atom is -0.480 e. The maximum atomic E-state index is 12.3. The number of hydrogen-bond donors (Lipinski definition) is 3. The zero-order valence-corrected chi connectivity index (χ0v) is 14.1. The Bertz CT molecular complexity index is 476. The Balaban J connectivity index is 2.57. The molecule has 2 unspecified atom stereocenters. The molecule has 0 aliphatic rings. The van der Waals surface area contributed by atoms with Crippen molar-refractivity contribution in [3.63, 3.8) is 0 Å². The van der Waals surface area contributed by atoms with Crippen LogP contribution in [0.3, 0.4) is 0 Å². The number of rotatable bonds is 9. The number of hydrogen-bond acceptors (Lipinski definition) is 3. The number of aliphatic carboxylic acids is 1. The van der Waals surface area contributed by atoms with E-state index in [4.69, 9.17) is 0 Å². The van der Waals surface area contributed by atoms with Crippen LogP contribution in [0.25, 0.3) is 0 Å². The average Bonchev–Trinajstić information content (AvgIpc) is 2.47. The molecule has 22 heavy (non-hydrogen) atoms. The molecule has 1 aromatic carbocycles. The van der Waals surface area contributed by atoms with Crippen molar-refractivity contribution >= 4 is 24.5 Å². The molecule has 0 saturated heterocycles. The van der Waals surface area contributed by atoms with Gasteiger partial charge in [-0.2, -0.15) is 12.6 Å². The van der Waals surface area contributed by atoms with Gasteiger partial charge in [-0.05, 0) is 30.7 Å². The maximum Gasteiger partial charge on any atom is 0.326 e. The number of carbonyl (C=O) groups excluding carboxylic acids is 1. The van der Waals surface area contributed by atoms with Gasteiger partial charge in [0.2, 0.25) is 5.91 Å². The number of amides is 1. The first-order valence-corrected chi connectivity index (χ1v) is 8.25. The topological polar surface area (TPSA) is 66.4 Å². The van der Waals surface area contributed by atoms with Gasteiger partial charge in [0.25, 0.3) is 0 Å². The molecule has 0 fully saturated rings. The molecule has 122 valence electrons. The van der Waals surface area contributed by atoms with Gasteiger partial charge in [0, 0.05) is 11.7 Å². The first kappa shape index (κ1) is 18.6. The van der Waals surface area contributed by atoms with Crippen LogP contribution in [0.4, 0.5) is 0 Å². The molecule has 4 nitrogen and oxygen atoms in total. The highest BCUT2D eigenvalue weighted by Gasteiger charge is 2.25. The third-order valence-corrected chi connectivity index (χ3v) is 3.98. The Kier molecular flexibility index (Phi) is 8.02. The van der Waals surface area contributed by atoms with Gasteiger partial charge in [-0.25, -0.2) is 4.79 Å². The van der Waals surface area contributed by atoms with E-state index in [1.807, 2.05) is 44.2 Å². The van der Waals surface area contributed by atoms with Crippen LogP contribution in [0.1, 0.15) is 32.3 Å². The van der Waals surface area contributed by atoms with Crippen molar-refractivity contribution in [2.45, 2.75) is 39.2 Å². The number of carbonyl (C=O) groups is 2. The minimum absolute atomic E-state index is 0.208. The second-order valence-corrected chi connectivity index (χ2v) is 6.30. The lowest BCUT2D eigenvalue weighted by Gasteiger charge is -2.20. The predicted octanol–water partition coefficient (Wildman–Crippen LogP) is 2.78. The highest BCUT2D eigenvalue weighted by molar-refractivity contribution is 7.80. The van der Waals surface area contributed by atoms with E-state index in [1.54, 1.807) is 0 Å². The molecule has 0 aliphatic carbocycles. The zero-order chi connectivity index (χ0) is 16.5. The standard InChI is InChI=1S/C17H25NO3S/c1-12(2)10-15(17(20)21)18-16(19)14(11-22)9-8-13-6-4-3-5-7-13/h3-7,12,14-15,22H,8-11H2,1-2H3,(H,18,19)(H,20,21). The van der Waals surface area contributed by atoms with Crippen LogP contribution in [-0.2, 0) is 16.0 Å². The lowest BCUT2D eigenvalue weighted by atomic mass is 9.98. The summed E-state index contributed by atoms with van der Waals surface area (Å²) in [5.41, 5.74) is 1.17. The largest absolute Gasteiger partial charge is 0.480 e. The summed E-state index contributed by atoms with van der Waals surface area (Å²) in [5.74, 6) is -0.869. The molecule has 0 heterocycles. The van der Waals surface area contributed by atoms with Crippen LogP contribution in [0.2, 0.25) is 0 Å². The normalized spacial score (nSPS) is 13.6. The molecule has 2 N–H and O–H groups in total. The molecule has 0 saturated carbocycles. The molecule has 0 bridgehead atoms. The summed E-state index contributed by atoms with van der Waals surface area (Å²) in [5, 5.41) is 11.8. The first-order valence-electron chi connectivity index (χ1n) is 7.62. The summed E-state index contributed by atoms with van der Waals surface area (Å²) >= 11 is 4.24. The summed E-state index contributed by atoms with van der Waals surface area (Å²) in [4.78, 5) is 23.5. The molecule has 1 rings (SSSR count). The van der Waals surface area contributed by atoms with Gasteiger partial charge < -0.3 is 10.4 Å². The monoisotopic (exact) mass is 323 g/mol. The quantitative estimate of drug-likeness (QED) is 0.612. The molecule has 2 atom stereocenters. The third kappa shape index (κ3) is 6.52. The van der Waals surface area contributed by atoms with Crippen molar-refractivity contribution < 1.29 is 14.7 Å². The summed E-state index contributed by atoms with van der Waals surface area (Å²) < 4.78 is 0. The number of nitrogens with one attached hydrogen (secondary N) is 1. The number of carboxylic acid groups (broad SMARTS) is 1. The van der Waals surface area contributed by atoms with Gasteiger partial charge in [0.1, 0.15) is 6.04 Å². The van der Waals surface area contributed by atoms with E-state index < -0.39 is 12.0 Å². The van der Waals surface area contributed by atoms with Crippen molar-refractivity contribution in [2.75, 3.05) is 5.75 Å². The van der Waals surface area contributed by atoms with E-state index in [1.165, 1.54) is 5.56 Å². The molecular formula is C17H25NO3S. The Morgan fingerprint density at radius 3 is 2.36 bits per heavy atom. The van der Waals surface area contributed by atoms with Crippen LogP contribution in [-0.4, -0.2) is 28.8 Å². The van der Waals surface area contributed by atoms with Crippen LogP contribution in [0, 0.1) is 11.8 Å². The van der Waals surface area contributed by atoms with Crippen LogP contribution < -0.4 is 5.32 Å². The highest BCUT2D eigenvalue weighted by atomic mass is 32.1. The van der Waals surface area contributed by atoms with Crippen molar-refractivity contribution in [3.8, 4) is 0 Å². The van der Waals surface area contributed by atoms with E-state index in [0.29, 0.717) is 18.6 Å². The van der Waals surface area contributed by atoms with Gasteiger partial charge in [0.05, 0.1) is 0 Å². The molecular weight excluding hydrogens is 298 g/mol. The molecule has 1 amide bonds. The highest BCUT2D eigenvalue weighted by Crippen LogP contribution is 2.13. The second kappa shape index (κ2) is 9.51. The van der Waals surface area contributed by atoms with E-state index in [-0.39, 0.29) is 17.7 Å². The average molecular weight is 323 g/mol. The van der Waals surface area contributed by atoms with Gasteiger partial charge >= 0.3 is 5.97 Å². The van der Waals surface area contributed by atoms with Crippen LogP contribution >= 0.6 is 12.6 Å². The van der Waals surface area contributed by atoms with Gasteiger partial charge in [-0.1, -0.05) is 44.2 Å². The van der Waals surface area contributed by atoms with Crippen molar-refractivity contribution in [2.24, 2.45) is 11.8 Å². The molecule has 0 aliphatic heterocycles. The summed E-state index contributed by atoms with van der Waals surface area (Å²) in [6.07, 6.45) is 1.87. The summed E-state index contributed by atoms with van der Waals surface area (Å²) in [7, 11) is 0. The number of thiol groups is 1. The minimum atomic E-state index is -0.983. The summed E-state index contributed by atoms with van der Waals surface area (Å²) in [6, 6.07) is 9.10. The lowest BCUT2D eigenvalue weighted by Crippen LogP contribution is -2.44. The van der Waals surface area contributed by atoms with Gasteiger partial charge in [-0.3, -0.25) is 4.79 Å². The predicted molar refractivity (Wildman–Crippen MR) is 91.1 cm³/mol. The molecule has 0 aromatic heterocycles. The van der Waals surface area contributed by atoms with Crippen molar-refractivity contribution in [3.05, 3.63) is 35.9 Å². The fourth-order valence-corrected chi connectivity index (χ4v) is 2.62. The summed E-state index contributed by atoms with van der Waals surface area (Å²) in [6.45, 7) is 3.88. The maximum absolute atomic E-state index is 12.3. The van der Waals surface area contributed by atoms with Gasteiger partial charge in [-0.15, -0.1) is 0 Å². The van der Waals surface area contributed by atoms with Crippen molar-refractivity contribution in [1.29, 1.82) is 0 Å². The first-order chi connectivity index (χ1) is 10.4. The van der Waals surface area contributed by atoms with Crippen LogP contribution in [0.5, 0.6) is 0 Å². The lowest BCUT2D eigenvalue weighted by molar-refractivity contribution is -0.142. The van der Waals surface area contributed by atoms with E-state index in [0.717, 1.165) is 6.42 Å². The Morgan fingerprint density at radius 2 is 1.86 bits per heavy atom. The van der Waals surface area contributed by atoms with E-state index in [9.17, 15) is 14.7 Å². The Morgan fingerprint density at radius 1 is 1.23 bits per heavy atom. The van der Waals surface area contributed by atoms with Crippen LogP contribution in [0.15, 0.2) is 30.3 Å². The number of benzene rings is 1. The molecule has 1 aromatic rings. The molecule has 5 heteroatoms. The Hall–Kier alpha value is -1.49. The van der Waals surface area contributed by atoms with E-state index in [2.05, 4.69) is 17.9 Å². The fourth-order valence-electron chi connectivity index (χ4n) is 2.27. The number of carboxylic acids is 1. The zero-order valence-electron chi connectivity index (χ0n) is 13.2. The molecule has 0 spiro atoms. The van der Waals surface area contributed by atoms with Crippen molar-refractivity contribution in [1.82, 2.24) is 5.32 Å². The Labute approximate surface area is 137 Å². The number of aryl methyl sites for hydroxylation is 1.